The number of urea groups is 1. The molecule has 1 aromatic rings. The molecule has 2 heterocycles. The maximum absolute atomic E-state index is 13.2. The predicted octanol–water partition coefficient (Wildman–Crippen LogP) is 1.91. The Hall–Kier alpha value is -1.92. The molecular weight excluding hydrogens is 340 g/mol. The molecule has 1 aromatic carbocycles. The summed E-state index contributed by atoms with van der Waals surface area (Å²) in [6.07, 6.45) is 2.49. The van der Waals surface area contributed by atoms with E-state index in [0.29, 0.717) is 19.6 Å². The molecule has 0 aromatic heterocycles. The average molecular weight is 373 g/mol. The van der Waals surface area contributed by atoms with Crippen LogP contribution in [0.3, 0.4) is 0 Å². The van der Waals surface area contributed by atoms with Gasteiger partial charge in [-0.2, -0.15) is 0 Å². The fourth-order valence-corrected chi connectivity index (χ4v) is 4.28. The van der Waals surface area contributed by atoms with E-state index in [1.165, 1.54) is 10.5 Å². The lowest BCUT2D eigenvalue weighted by molar-refractivity contribution is -0.135. The molecule has 2 fully saturated rings. The Morgan fingerprint density at radius 3 is 2.30 bits per heavy atom. The first kappa shape index (κ1) is 19.8. The van der Waals surface area contributed by atoms with E-state index in [-0.39, 0.29) is 11.9 Å². The van der Waals surface area contributed by atoms with E-state index in [9.17, 15) is 9.59 Å². The molecule has 148 valence electrons. The highest BCUT2D eigenvalue weighted by Crippen LogP contribution is 2.37. The van der Waals surface area contributed by atoms with Gasteiger partial charge in [0, 0.05) is 39.3 Å². The van der Waals surface area contributed by atoms with Crippen molar-refractivity contribution in [3.05, 3.63) is 35.9 Å². The molecule has 0 unspecified atom stereocenters. The van der Waals surface area contributed by atoms with Gasteiger partial charge < -0.3 is 14.7 Å². The van der Waals surface area contributed by atoms with Gasteiger partial charge in [0.2, 0.25) is 0 Å². The Bertz CT molecular complexity index is 653. The number of hydrogen-bond donors (Lipinski definition) is 0. The average Bonchev–Trinajstić information content (AvgIpc) is 2.86. The summed E-state index contributed by atoms with van der Waals surface area (Å²) < 4.78 is 0. The first-order valence-electron chi connectivity index (χ1n) is 10.0. The van der Waals surface area contributed by atoms with Gasteiger partial charge in [0.25, 0.3) is 5.91 Å². The van der Waals surface area contributed by atoms with Crippen molar-refractivity contribution in [3.8, 4) is 0 Å². The number of imide groups is 1. The minimum absolute atomic E-state index is 0.0129. The lowest BCUT2D eigenvalue weighted by Gasteiger charge is -2.42. The van der Waals surface area contributed by atoms with E-state index < -0.39 is 5.54 Å². The van der Waals surface area contributed by atoms with Crippen LogP contribution in [0.2, 0.25) is 0 Å². The fraction of sp³-hybridized carbons (Fsp3) is 0.619. The maximum Gasteiger partial charge on any atom is 0.327 e. The van der Waals surface area contributed by atoms with Crippen LogP contribution < -0.4 is 0 Å². The molecule has 0 bridgehead atoms. The normalized spacial score (nSPS) is 20.3. The lowest BCUT2D eigenvalue weighted by atomic mass is 9.85. The number of benzene rings is 1. The Balaban J connectivity index is 1.62. The Morgan fingerprint density at radius 2 is 1.70 bits per heavy atom. The second kappa shape index (κ2) is 8.40. The number of likely N-dealkylation sites (tertiary alicyclic amines) is 1. The smallest absolute Gasteiger partial charge is 0.310 e. The number of carbonyl (C=O) groups is 2. The summed E-state index contributed by atoms with van der Waals surface area (Å²) in [4.78, 5) is 33.7. The van der Waals surface area contributed by atoms with E-state index in [4.69, 9.17) is 0 Å². The van der Waals surface area contributed by atoms with Crippen molar-refractivity contribution in [2.45, 2.75) is 31.7 Å². The summed E-state index contributed by atoms with van der Waals surface area (Å²) in [7, 11) is 3.92. The third kappa shape index (κ3) is 4.01. The molecule has 3 amide bonds. The monoisotopic (exact) mass is 372 g/mol. The molecule has 0 saturated carbocycles. The maximum atomic E-state index is 13.2. The van der Waals surface area contributed by atoms with Crippen LogP contribution in [0.25, 0.3) is 0 Å². The number of piperidine rings is 1. The van der Waals surface area contributed by atoms with E-state index in [0.717, 1.165) is 38.9 Å². The zero-order chi connectivity index (χ0) is 19.4. The van der Waals surface area contributed by atoms with Crippen LogP contribution in [0, 0.1) is 0 Å². The number of carbonyl (C=O) groups excluding carboxylic acids is 2. The third-order valence-electron chi connectivity index (χ3n) is 5.95. The number of amides is 3. The van der Waals surface area contributed by atoms with E-state index in [2.05, 4.69) is 29.2 Å². The van der Waals surface area contributed by atoms with Crippen molar-refractivity contribution in [1.82, 2.24) is 19.6 Å². The summed E-state index contributed by atoms with van der Waals surface area (Å²) in [5.74, 6) is 0.0129. The summed E-state index contributed by atoms with van der Waals surface area (Å²) in [5.41, 5.74) is 0.719. The van der Waals surface area contributed by atoms with Gasteiger partial charge in [0.05, 0.1) is 0 Å². The Kier molecular flexibility index (Phi) is 6.17. The molecule has 6 nitrogen and oxygen atoms in total. The first-order valence-corrected chi connectivity index (χ1v) is 10.0. The van der Waals surface area contributed by atoms with Gasteiger partial charge in [-0.15, -0.1) is 0 Å². The number of likely N-dealkylation sites (N-methyl/N-ethyl adjacent to an activating group) is 2. The highest BCUT2D eigenvalue weighted by Gasteiger charge is 2.57. The van der Waals surface area contributed by atoms with Crippen molar-refractivity contribution < 1.29 is 9.59 Å². The molecule has 27 heavy (non-hydrogen) atoms. The molecule has 0 radical (unpaired) electrons. The van der Waals surface area contributed by atoms with Crippen LogP contribution in [0.4, 0.5) is 4.79 Å². The molecular formula is C21H32N4O2. The zero-order valence-corrected chi connectivity index (χ0v) is 16.9. The number of hydrogen-bond acceptors (Lipinski definition) is 4. The molecule has 6 heteroatoms. The molecule has 0 atom stereocenters. The highest BCUT2D eigenvalue weighted by atomic mass is 16.2. The second-order valence-corrected chi connectivity index (χ2v) is 7.90. The molecule has 2 saturated heterocycles. The predicted molar refractivity (Wildman–Crippen MR) is 107 cm³/mol. The van der Waals surface area contributed by atoms with Gasteiger partial charge in [-0.3, -0.25) is 9.69 Å². The van der Waals surface area contributed by atoms with E-state index in [1.807, 2.05) is 36.9 Å². The topological polar surface area (TPSA) is 47.1 Å². The minimum Gasteiger partial charge on any atom is -0.310 e. The van der Waals surface area contributed by atoms with Gasteiger partial charge in [-0.05, 0) is 45.8 Å². The standard InChI is InChI=1S/C21H32N4O2/c1-4-25-20(27)24(17-16-22(2)3)19(26)21(25)11-14-23(15-12-21)13-10-18-8-6-5-7-9-18/h5-9H,4,10-17H2,1-3H3. The van der Waals surface area contributed by atoms with Crippen molar-refractivity contribution in [2.24, 2.45) is 0 Å². The molecule has 2 aliphatic heterocycles. The van der Waals surface area contributed by atoms with Crippen LogP contribution in [0.15, 0.2) is 30.3 Å². The molecule has 2 aliphatic rings. The van der Waals surface area contributed by atoms with Crippen molar-refractivity contribution >= 4 is 11.9 Å². The molecule has 1 spiro atoms. The van der Waals surface area contributed by atoms with Crippen LogP contribution in [-0.2, 0) is 11.2 Å². The summed E-state index contributed by atoms with van der Waals surface area (Å²) >= 11 is 0. The zero-order valence-electron chi connectivity index (χ0n) is 16.9. The summed E-state index contributed by atoms with van der Waals surface area (Å²) in [6.45, 7) is 6.47. The summed E-state index contributed by atoms with van der Waals surface area (Å²) in [6, 6.07) is 10.4. The highest BCUT2D eigenvalue weighted by molar-refractivity contribution is 6.07. The first-order chi connectivity index (χ1) is 13.0. The third-order valence-corrected chi connectivity index (χ3v) is 5.95. The van der Waals surface area contributed by atoms with E-state index in [1.54, 1.807) is 0 Å². The minimum atomic E-state index is -0.624. The molecule has 0 N–H and O–H groups in total. The van der Waals surface area contributed by atoms with Crippen LogP contribution in [-0.4, -0.2) is 90.4 Å². The molecule has 0 aliphatic carbocycles. The Morgan fingerprint density at radius 1 is 1.04 bits per heavy atom. The van der Waals surface area contributed by atoms with Crippen LogP contribution in [0.5, 0.6) is 0 Å². The van der Waals surface area contributed by atoms with Gasteiger partial charge in [-0.1, -0.05) is 30.3 Å². The van der Waals surface area contributed by atoms with Crippen molar-refractivity contribution in [1.29, 1.82) is 0 Å². The lowest BCUT2D eigenvalue weighted by Crippen LogP contribution is -2.56. The van der Waals surface area contributed by atoms with Crippen LogP contribution >= 0.6 is 0 Å². The second-order valence-electron chi connectivity index (χ2n) is 7.90. The van der Waals surface area contributed by atoms with E-state index >= 15 is 0 Å². The van der Waals surface area contributed by atoms with Gasteiger partial charge in [-0.25, -0.2) is 4.79 Å². The van der Waals surface area contributed by atoms with Crippen molar-refractivity contribution in [3.63, 3.8) is 0 Å². The van der Waals surface area contributed by atoms with Crippen molar-refractivity contribution in [2.75, 3.05) is 53.4 Å². The quantitative estimate of drug-likeness (QED) is 0.686. The number of nitrogens with zero attached hydrogens (tertiary/aromatic N) is 4. The molecule has 3 rings (SSSR count). The Labute approximate surface area is 162 Å². The van der Waals surface area contributed by atoms with Gasteiger partial charge in [0.1, 0.15) is 5.54 Å². The van der Waals surface area contributed by atoms with Gasteiger partial charge >= 0.3 is 6.03 Å². The SMILES string of the molecule is CCN1C(=O)N(CCN(C)C)C(=O)C12CCN(CCc1ccccc1)CC2. The fourth-order valence-electron chi connectivity index (χ4n) is 4.28. The summed E-state index contributed by atoms with van der Waals surface area (Å²) in [5, 5.41) is 0. The van der Waals surface area contributed by atoms with Crippen LogP contribution in [0.1, 0.15) is 25.3 Å². The van der Waals surface area contributed by atoms with Gasteiger partial charge in [0.15, 0.2) is 0 Å². The number of rotatable bonds is 7. The largest absolute Gasteiger partial charge is 0.327 e.